The Morgan fingerprint density at radius 2 is 1.00 bits per heavy atom. The molecule has 0 atom stereocenters. The summed E-state index contributed by atoms with van der Waals surface area (Å²) in [5, 5.41) is 6.00. The monoisotopic (exact) mass is 537 g/mol. The zero-order valence-corrected chi connectivity index (χ0v) is 22.9. The number of rotatable bonds is 5. The van der Waals surface area contributed by atoms with Gasteiger partial charge in [-0.3, -0.25) is 0 Å². The van der Waals surface area contributed by atoms with Crippen LogP contribution in [0, 0.1) is 0 Å². The second kappa shape index (κ2) is 10.1. The normalized spacial score (nSPS) is 11.3. The molecule has 0 N–H and O–H groups in total. The second-order valence-corrected chi connectivity index (χ2v) is 10.6. The van der Waals surface area contributed by atoms with Gasteiger partial charge in [0, 0.05) is 27.7 Å². The number of fused-ring (bicyclic) bond motifs is 3. The third-order valence-corrected chi connectivity index (χ3v) is 8.01. The van der Waals surface area contributed by atoms with Crippen molar-refractivity contribution in [1.82, 2.24) is 0 Å². The molecule has 0 saturated carbocycles. The van der Waals surface area contributed by atoms with Gasteiger partial charge in [0.1, 0.15) is 11.3 Å². The van der Waals surface area contributed by atoms with Gasteiger partial charge in [0.15, 0.2) is 0 Å². The molecule has 0 fully saturated rings. The van der Waals surface area contributed by atoms with Crippen molar-refractivity contribution in [2.45, 2.75) is 0 Å². The van der Waals surface area contributed by atoms with Crippen molar-refractivity contribution >= 4 is 49.6 Å². The van der Waals surface area contributed by atoms with Crippen LogP contribution in [-0.2, 0) is 0 Å². The maximum atomic E-state index is 6.26. The van der Waals surface area contributed by atoms with Crippen LogP contribution in [0.5, 0.6) is 0 Å². The summed E-state index contributed by atoms with van der Waals surface area (Å²) in [6, 6.07) is 58.1. The lowest BCUT2D eigenvalue weighted by Crippen LogP contribution is -2.10. The third kappa shape index (κ3) is 4.31. The molecule has 8 aromatic rings. The summed E-state index contributed by atoms with van der Waals surface area (Å²) >= 11 is 0. The molecule has 42 heavy (non-hydrogen) atoms. The van der Waals surface area contributed by atoms with Gasteiger partial charge in [-0.1, -0.05) is 115 Å². The molecule has 0 aliphatic rings. The molecule has 0 aliphatic heterocycles. The minimum absolute atomic E-state index is 0.862. The van der Waals surface area contributed by atoms with Crippen LogP contribution >= 0.6 is 0 Å². The van der Waals surface area contributed by atoms with Crippen LogP contribution in [-0.4, -0.2) is 0 Å². The Labute approximate surface area is 244 Å². The molecule has 2 heteroatoms. The van der Waals surface area contributed by atoms with Crippen LogP contribution in [0.2, 0.25) is 0 Å². The van der Waals surface area contributed by atoms with E-state index in [1.54, 1.807) is 0 Å². The summed E-state index contributed by atoms with van der Waals surface area (Å²) in [5.74, 6) is 0.862. The summed E-state index contributed by atoms with van der Waals surface area (Å²) in [5.41, 5.74) is 7.61. The molecule has 2 nitrogen and oxygen atoms in total. The molecule has 1 aromatic heterocycles. The average molecular weight is 538 g/mol. The van der Waals surface area contributed by atoms with Crippen LogP contribution in [0.3, 0.4) is 0 Å². The van der Waals surface area contributed by atoms with Crippen LogP contribution in [0.1, 0.15) is 0 Å². The van der Waals surface area contributed by atoms with Crippen molar-refractivity contribution in [2.75, 3.05) is 4.90 Å². The lowest BCUT2D eigenvalue weighted by Gasteiger charge is -2.27. The third-order valence-electron chi connectivity index (χ3n) is 8.01. The smallest absolute Gasteiger partial charge is 0.135 e. The van der Waals surface area contributed by atoms with Gasteiger partial charge in [-0.15, -0.1) is 0 Å². The van der Waals surface area contributed by atoms with Crippen molar-refractivity contribution in [1.29, 1.82) is 0 Å². The highest BCUT2D eigenvalue weighted by atomic mass is 16.3. The molecule has 8 rings (SSSR count). The molecule has 0 unspecified atom stereocenters. The minimum Gasteiger partial charge on any atom is -0.456 e. The van der Waals surface area contributed by atoms with Gasteiger partial charge in [0.05, 0.1) is 5.69 Å². The van der Waals surface area contributed by atoms with E-state index in [0.29, 0.717) is 0 Å². The zero-order valence-electron chi connectivity index (χ0n) is 22.9. The minimum atomic E-state index is 0.862. The van der Waals surface area contributed by atoms with E-state index in [1.807, 2.05) is 18.2 Å². The Balaban J connectivity index is 1.31. The topological polar surface area (TPSA) is 16.4 Å². The summed E-state index contributed by atoms with van der Waals surface area (Å²) in [4.78, 5) is 2.36. The predicted molar refractivity (Wildman–Crippen MR) is 177 cm³/mol. The predicted octanol–water partition coefficient (Wildman–Crippen LogP) is 11.5. The lowest BCUT2D eigenvalue weighted by atomic mass is 10.00. The first-order valence-electron chi connectivity index (χ1n) is 14.3. The maximum absolute atomic E-state index is 6.26. The first-order valence-corrected chi connectivity index (χ1v) is 14.3. The highest BCUT2D eigenvalue weighted by molar-refractivity contribution is 5.99. The average Bonchev–Trinajstić information content (AvgIpc) is 3.50. The molecule has 0 bridgehead atoms. The van der Waals surface area contributed by atoms with Crippen molar-refractivity contribution < 1.29 is 4.42 Å². The van der Waals surface area contributed by atoms with Gasteiger partial charge in [-0.05, 0) is 75.8 Å². The molecule has 0 amide bonds. The Morgan fingerprint density at radius 1 is 0.381 bits per heavy atom. The fourth-order valence-corrected chi connectivity index (χ4v) is 5.95. The van der Waals surface area contributed by atoms with Crippen molar-refractivity contribution in [3.8, 4) is 22.5 Å². The van der Waals surface area contributed by atoms with Gasteiger partial charge in [0.25, 0.3) is 0 Å². The first kappa shape index (κ1) is 24.2. The van der Waals surface area contributed by atoms with Crippen molar-refractivity contribution in [3.05, 3.63) is 164 Å². The standard InChI is InChI=1S/C40H27NO/c1-2-12-30-24-32(23-22-28(30)10-1)31-15-7-17-35(25-31)41(38-20-9-14-29-11-3-5-19-37(29)38)36-18-8-16-33(26-36)40-27-34-13-4-6-21-39(34)42-40/h1-27H. The van der Waals surface area contributed by atoms with Gasteiger partial charge >= 0.3 is 0 Å². The highest BCUT2D eigenvalue weighted by Crippen LogP contribution is 2.41. The Hall–Kier alpha value is -5.60. The molecular weight excluding hydrogens is 510 g/mol. The van der Waals surface area contributed by atoms with E-state index in [1.165, 1.54) is 32.7 Å². The van der Waals surface area contributed by atoms with Crippen LogP contribution in [0.25, 0.3) is 55.0 Å². The van der Waals surface area contributed by atoms with Crippen molar-refractivity contribution in [2.24, 2.45) is 0 Å². The van der Waals surface area contributed by atoms with Crippen LogP contribution in [0.4, 0.5) is 17.1 Å². The molecule has 0 saturated heterocycles. The van der Waals surface area contributed by atoms with Gasteiger partial charge in [-0.25, -0.2) is 0 Å². The largest absolute Gasteiger partial charge is 0.456 e. The maximum Gasteiger partial charge on any atom is 0.135 e. The molecule has 0 radical (unpaired) electrons. The number of nitrogens with zero attached hydrogens (tertiary/aromatic N) is 1. The number of hydrogen-bond acceptors (Lipinski definition) is 2. The summed E-state index contributed by atoms with van der Waals surface area (Å²) in [7, 11) is 0. The van der Waals surface area contributed by atoms with E-state index in [-0.39, 0.29) is 0 Å². The fourth-order valence-electron chi connectivity index (χ4n) is 5.95. The second-order valence-electron chi connectivity index (χ2n) is 10.6. The van der Waals surface area contributed by atoms with Crippen LogP contribution < -0.4 is 4.90 Å². The number of anilines is 3. The van der Waals surface area contributed by atoms with E-state index in [9.17, 15) is 0 Å². The fraction of sp³-hybridized carbons (Fsp3) is 0. The lowest BCUT2D eigenvalue weighted by molar-refractivity contribution is 0.631. The van der Waals surface area contributed by atoms with E-state index in [4.69, 9.17) is 4.42 Å². The SMILES string of the molecule is c1cc(-c2ccc3ccccc3c2)cc(N(c2cccc(-c3cc4ccccc4o3)c2)c2cccc3ccccc23)c1. The summed E-state index contributed by atoms with van der Waals surface area (Å²) in [6.07, 6.45) is 0. The Kier molecular flexibility index (Phi) is 5.82. The van der Waals surface area contributed by atoms with E-state index < -0.39 is 0 Å². The molecule has 7 aromatic carbocycles. The molecule has 1 heterocycles. The Morgan fingerprint density at radius 3 is 1.83 bits per heavy atom. The van der Waals surface area contributed by atoms with Gasteiger partial charge < -0.3 is 9.32 Å². The first-order chi connectivity index (χ1) is 20.8. The molecule has 0 spiro atoms. The summed E-state index contributed by atoms with van der Waals surface area (Å²) < 4.78 is 6.26. The number of benzene rings is 7. The van der Waals surface area contributed by atoms with Crippen LogP contribution in [0.15, 0.2) is 168 Å². The van der Waals surface area contributed by atoms with Crippen molar-refractivity contribution in [3.63, 3.8) is 0 Å². The van der Waals surface area contributed by atoms with E-state index >= 15 is 0 Å². The highest BCUT2D eigenvalue weighted by Gasteiger charge is 2.17. The van der Waals surface area contributed by atoms with E-state index in [0.717, 1.165) is 39.4 Å². The summed E-state index contributed by atoms with van der Waals surface area (Å²) in [6.45, 7) is 0. The van der Waals surface area contributed by atoms with E-state index in [2.05, 4.69) is 150 Å². The number of para-hydroxylation sites is 1. The molecular formula is C40H27NO. The zero-order chi connectivity index (χ0) is 27.9. The van der Waals surface area contributed by atoms with Gasteiger partial charge in [-0.2, -0.15) is 0 Å². The Bertz CT molecular complexity index is 2190. The number of hydrogen-bond donors (Lipinski definition) is 0. The molecule has 198 valence electrons. The quantitative estimate of drug-likeness (QED) is 0.217. The molecule has 0 aliphatic carbocycles. The van der Waals surface area contributed by atoms with Gasteiger partial charge in [0.2, 0.25) is 0 Å². The number of furan rings is 1.